The van der Waals surface area contributed by atoms with E-state index >= 15 is 0 Å². The molecule has 94 valence electrons. The molecule has 1 saturated heterocycles. The van der Waals surface area contributed by atoms with Crippen molar-refractivity contribution in [3.63, 3.8) is 0 Å². The van der Waals surface area contributed by atoms with Crippen LogP contribution in [0.1, 0.15) is 52.9 Å². The standard InChI is InChI=1S/C13H26N2O/c1-4-6-10(2)9-13(16)15-12-7-5-8-14-11(12)3/h10-12,14H,4-9H2,1-3H3,(H,15,16). The van der Waals surface area contributed by atoms with E-state index in [9.17, 15) is 4.79 Å². The van der Waals surface area contributed by atoms with E-state index in [1.807, 2.05) is 0 Å². The van der Waals surface area contributed by atoms with Crippen LogP contribution >= 0.6 is 0 Å². The Kier molecular flexibility index (Phi) is 5.81. The minimum absolute atomic E-state index is 0.224. The fourth-order valence-electron chi connectivity index (χ4n) is 2.42. The van der Waals surface area contributed by atoms with Gasteiger partial charge in [-0.15, -0.1) is 0 Å². The first-order valence-electron chi connectivity index (χ1n) is 6.66. The van der Waals surface area contributed by atoms with Crippen LogP contribution in [-0.2, 0) is 4.79 Å². The van der Waals surface area contributed by atoms with Gasteiger partial charge in [-0.25, -0.2) is 0 Å². The Bertz CT molecular complexity index is 218. The van der Waals surface area contributed by atoms with Crippen LogP contribution in [0.5, 0.6) is 0 Å². The monoisotopic (exact) mass is 226 g/mol. The molecule has 3 unspecified atom stereocenters. The SMILES string of the molecule is CCCC(C)CC(=O)NC1CCCNC1C. The minimum Gasteiger partial charge on any atom is -0.352 e. The average Bonchev–Trinajstić information content (AvgIpc) is 2.21. The number of nitrogens with one attached hydrogen (secondary N) is 2. The molecule has 1 rings (SSSR count). The number of carbonyl (C=O) groups is 1. The second-order valence-corrected chi connectivity index (χ2v) is 5.16. The highest BCUT2D eigenvalue weighted by Gasteiger charge is 2.22. The predicted octanol–water partition coefficient (Wildman–Crippen LogP) is 2.07. The van der Waals surface area contributed by atoms with Gasteiger partial charge in [0, 0.05) is 18.5 Å². The lowest BCUT2D eigenvalue weighted by Gasteiger charge is -2.31. The van der Waals surface area contributed by atoms with Gasteiger partial charge >= 0.3 is 0 Å². The van der Waals surface area contributed by atoms with Gasteiger partial charge in [-0.3, -0.25) is 4.79 Å². The molecule has 0 aromatic heterocycles. The van der Waals surface area contributed by atoms with Gasteiger partial charge < -0.3 is 10.6 Å². The Morgan fingerprint density at radius 3 is 2.94 bits per heavy atom. The summed E-state index contributed by atoms with van der Waals surface area (Å²) in [5.74, 6) is 0.735. The first-order valence-corrected chi connectivity index (χ1v) is 6.66. The first kappa shape index (κ1) is 13.5. The van der Waals surface area contributed by atoms with Gasteiger partial charge in [-0.05, 0) is 32.2 Å². The van der Waals surface area contributed by atoms with E-state index in [0.717, 1.165) is 25.8 Å². The smallest absolute Gasteiger partial charge is 0.220 e. The van der Waals surface area contributed by atoms with Crippen molar-refractivity contribution < 1.29 is 4.79 Å². The molecule has 3 atom stereocenters. The van der Waals surface area contributed by atoms with Crippen molar-refractivity contribution >= 4 is 5.91 Å². The summed E-state index contributed by atoms with van der Waals surface area (Å²) in [6, 6.07) is 0.745. The van der Waals surface area contributed by atoms with Crippen LogP contribution < -0.4 is 10.6 Å². The largest absolute Gasteiger partial charge is 0.352 e. The van der Waals surface area contributed by atoms with Gasteiger partial charge in [-0.2, -0.15) is 0 Å². The molecule has 0 spiro atoms. The number of hydrogen-bond acceptors (Lipinski definition) is 2. The van der Waals surface area contributed by atoms with Gasteiger partial charge in [0.15, 0.2) is 0 Å². The number of hydrogen-bond donors (Lipinski definition) is 2. The minimum atomic E-state index is 0.224. The van der Waals surface area contributed by atoms with Crippen LogP contribution in [0.15, 0.2) is 0 Å². The summed E-state index contributed by atoms with van der Waals surface area (Å²) in [4.78, 5) is 11.8. The summed E-state index contributed by atoms with van der Waals surface area (Å²) >= 11 is 0. The van der Waals surface area contributed by atoms with E-state index in [1.165, 1.54) is 6.42 Å². The normalized spacial score (nSPS) is 27.4. The molecule has 0 radical (unpaired) electrons. The van der Waals surface area contributed by atoms with E-state index in [4.69, 9.17) is 0 Å². The Balaban J connectivity index is 2.27. The zero-order valence-electron chi connectivity index (χ0n) is 10.9. The lowest BCUT2D eigenvalue weighted by atomic mass is 9.98. The summed E-state index contributed by atoms with van der Waals surface area (Å²) in [7, 11) is 0. The zero-order chi connectivity index (χ0) is 12.0. The van der Waals surface area contributed by atoms with E-state index in [-0.39, 0.29) is 5.91 Å². The first-order chi connectivity index (χ1) is 7.63. The summed E-state index contributed by atoms with van der Waals surface area (Å²) in [5.41, 5.74) is 0. The molecule has 0 bridgehead atoms. The summed E-state index contributed by atoms with van der Waals surface area (Å²) in [6.45, 7) is 7.56. The van der Waals surface area contributed by atoms with Gasteiger partial charge in [0.05, 0.1) is 0 Å². The molecular weight excluding hydrogens is 200 g/mol. The van der Waals surface area contributed by atoms with Crippen LogP contribution in [0, 0.1) is 5.92 Å². The Labute approximate surface area is 99.4 Å². The van der Waals surface area contributed by atoms with E-state index in [1.54, 1.807) is 0 Å². The highest BCUT2D eigenvalue weighted by molar-refractivity contribution is 5.76. The zero-order valence-corrected chi connectivity index (χ0v) is 10.9. The summed E-state index contributed by atoms with van der Waals surface area (Å²) in [6.07, 6.45) is 5.26. The second kappa shape index (κ2) is 6.89. The van der Waals surface area contributed by atoms with Gasteiger partial charge in [-0.1, -0.05) is 26.7 Å². The molecule has 1 amide bonds. The van der Waals surface area contributed by atoms with Crippen LogP contribution in [-0.4, -0.2) is 24.5 Å². The third-order valence-electron chi connectivity index (χ3n) is 3.42. The van der Waals surface area contributed by atoms with Crippen LogP contribution in [0.25, 0.3) is 0 Å². The molecule has 1 aliphatic rings. The van der Waals surface area contributed by atoms with Crippen molar-refractivity contribution in [3.05, 3.63) is 0 Å². The molecule has 0 saturated carbocycles. The van der Waals surface area contributed by atoms with Crippen molar-refractivity contribution in [3.8, 4) is 0 Å². The Hall–Kier alpha value is -0.570. The molecule has 0 aromatic rings. The third kappa shape index (κ3) is 4.52. The van der Waals surface area contributed by atoms with Crippen molar-refractivity contribution in [1.29, 1.82) is 0 Å². The Morgan fingerprint density at radius 1 is 1.56 bits per heavy atom. The molecule has 1 aliphatic heterocycles. The highest BCUT2D eigenvalue weighted by atomic mass is 16.1. The maximum absolute atomic E-state index is 11.8. The molecule has 16 heavy (non-hydrogen) atoms. The predicted molar refractivity (Wildman–Crippen MR) is 67.3 cm³/mol. The van der Waals surface area contributed by atoms with Gasteiger partial charge in [0.2, 0.25) is 5.91 Å². The van der Waals surface area contributed by atoms with Crippen molar-refractivity contribution in [2.75, 3.05) is 6.54 Å². The molecule has 0 aliphatic carbocycles. The van der Waals surface area contributed by atoms with E-state index in [0.29, 0.717) is 24.4 Å². The lowest BCUT2D eigenvalue weighted by Crippen LogP contribution is -2.52. The maximum Gasteiger partial charge on any atom is 0.220 e. The highest BCUT2D eigenvalue weighted by Crippen LogP contribution is 2.12. The fourth-order valence-corrected chi connectivity index (χ4v) is 2.42. The number of amides is 1. The molecule has 3 heteroatoms. The maximum atomic E-state index is 11.8. The quantitative estimate of drug-likeness (QED) is 0.753. The van der Waals surface area contributed by atoms with Crippen LogP contribution in [0.3, 0.4) is 0 Å². The lowest BCUT2D eigenvalue weighted by molar-refractivity contribution is -0.123. The molecule has 1 heterocycles. The van der Waals surface area contributed by atoms with Crippen LogP contribution in [0.4, 0.5) is 0 Å². The molecule has 3 nitrogen and oxygen atoms in total. The van der Waals surface area contributed by atoms with Crippen LogP contribution in [0.2, 0.25) is 0 Å². The van der Waals surface area contributed by atoms with Gasteiger partial charge in [0.1, 0.15) is 0 Å². The van der Waals surface area contributed by atoms with Crippen molar-refractivity contribution in [1.82, 2.24) is 10.6 Å². The van der Waals surface area contributed by atoms with Crippen molar-refractivity contribution in [2.24, 2.45) is 5.92 Å². The third-order valence-corrected chi connectivity index (χ3v) is 3.42. The summed E-state index contributed by atoms with van der Waals surface area (Å²) in [5, 5.41) is 6.56. The molecule has 0 aromatic carbocycles. The molecule has 2 N–H and O–H groups in total. The number of piperidine rings is 1. The summed E-state index contributed by atoms with van der Waals surface area (Å²) < 4.78 is 0. The van der Waals surface area contributed by atoms with Crippen molar-refractivity contribution in [2.45, 2.75) is 65.0 Å². The fraction of sp³-hybridized carbons (Fsp3) is 0.923. The second-order valence-electron chi connectivity index (χ2n) is 5.16. The molecular formula is C13H26N2O. The Morgan fingerprint density at radius 2 is 2.31 bits per heavy atom. The average molecular weight is 226 g/mol. The van der Waals surface area contributed by atoms with E-state index in [2.05, 4.69) is 31.4 Å². The number of rotatable bonds is 5. The number of carbonyl (C=O) groups excluding carboxylic acids is 1. The van der Waals surface area contributed by atoms with Gasteiger partial charge in [0.25, 0.3) is 0 Å². The van der Waals surface area contributed by atoms with E-state index < -0.39 is 0 Å². The topological polar surface area (TPSA) is 41.1 Å². The molecule has 1 fully saturated rings.